The Morgan fingerprint density at radius 2 is 1.96 bits per heavy atom. The smallest absolute Gasteiger partial charge is 0.246 e. The molecule has 1 aromatic heterocycles. The van der Waals surface area contributed by atoms with Crippen molar-refractivity contribution in [3.8, 4) is 17.1 Å². The van der Waals surface area contributed by atoms with Crippen LogP contribution >= 0.6 is 0 Å². The van der Waals surface area contributed by atoms with E-state index < -0.39 is 0 Å². The molecule has 0 bridgehead atoms. The van der Waals surface area contributed by atoms with Crippen molar-refractivity contribution in [3.05, 3.63) is 59.7 Å². The second-order valence-corrected chi connectivity index (χ2v) is 6.11. The van der Waals surface area contributed by atoms with E-state index in [-0.39, 0.29) is 12.5 Å². The number of likely N-dealkylation sites (N-methyl/N-ethyl adjacent to an activating group) is 1. The molecule has 134 valence electrons. The van der Waals surface area contributed by atoms with Crippen LogP contribution in [0.1, 0.15) is 11.1 Å². The molecule has 3 rings (SSSR count). The summed E-state index contributed by atoms with van der Waals surface area (Å²) in [5.74, 6) is 1.18. The van der Waals surface area contributed by atoms with E-state index in [9.17, 15) is 4.79 Å². The Morgan fingerprint density at radius 1 is 1.19 bits per heavy atom. The molecule has 0 spiro atoms. The number of nitrogens with zero attached hydrogens (tertiary/aromatic N) is 5. The fourth-order valence-electron chi connectivity index (χ4n) is 2.50. The van der Waals surface area contributed by atoms with Crippen LogP contribution in [0, 0.1) is 6.92 Å². The summed E-state index contributed by atoms with van der Waals surface area (Å²) in [6.45, 7) is 2.54. The largest absolute Gasteiger partial charge is 0.497 e. The number of carbonyl (C=O) groups excluding carboxylic acids is 1. The lowest BCUT2D eigenvalue weighted by molar-refractivity contribution is -0.131. The van der Waals surface area contributed by atoms with Crippen LogP contribution in [0.25, 0.3) is 11.4 Å². The van der Waals surface area contributed by atoms with Gasteiger partial charge in [0.15, 0.2) is 0 Å². The summed E-state index contributed by atoms with van der Waals surface area (Å²) in [6.07, 6.45) is 0. The molecule has 0 atom stereocenters. The van der Waals surface area contributed by atoms with Crippen molar-refractivity contribution in [3.63, 3.8) is 0 Å². The van der Waals surface area contributed by atoms with Crippen molar-refractivity contribution >= 4 is 5.91 Å². The predicted octanol–water partition coefficient (Wildman–Crippen LogP) is 2.32. The number of hydrogen-bond acceptors (Lipinski definition) is 5. The predicted molar refractivity (Wildman–Crippen MR) is 97.5 cm³/mol. The molecule has 7 heteroatoms. The van der Waals surface area contributed by atoms with Crippen LogP contribution in [0.5, 0.6) is 5.75 Å². The number of hydrogen-bond donors (Lipinski definition) is 0. The average molecular weight is 351 g/mol. The third kappa shape index (κ3) is 4.24. The van der Waals surface area contributed by atoms with Crippen molar-refractivity contribution in [2.45, 2.75) is 20.0 Å². The third-order valence-electron chi connectivity index (χ3n) is 4.02. The molecule has 26 heavy (non-hydrogen) atoms. The maximum atomic E-state index is 12.4. The molecule has 0 radical (unpaired) electrons. The maximum Gasteiger partial charge on any atom is 0.246 e. The van der Waals surface area contributed by atoms with Gasteiger partial charge in [-0.05, 0) is 29.8 Å². The van der Waals surface area contributed by atoms with Gasteiger partial charge in [0, 0.05) is 19.2 Å². The standard InChI is InChI=1S/C19H21N5O2/c1-14-7-9-16(10-8-14)19-20-22-24(21-19)13-18(25)23(2)12-15-5-4-6-17(11-15)26-3/h4-11H,12-13H2,1-3H3. The van der Waals surface area contributed by atoms with Crippen LogP contribution < -0.4 is 4.74 Å². The molecule has 0 aliphatic rings. The van der Waals surface area contributed by atoms with Gasteiger partial charge in [0.05, 0.1) is 7.11 Å². The van der Waals surface area contributed by atoms with E-state index in [1.807, 2.05) is 55.5 Å². The Balaban J connectivity index is 1.63. The normalized spacial score (nSPS) is 10.6. The van der Waals surface area contributed by atoms with Crippen molar-refractivity contribution in [1.82, 2.24) is 25.1 Å². The zero-order chi connectivity index (χ0) is 18.5. The fraction of sp³-hybridized carbons (Fsp3) is 0.263. The molecule has 0 saturated carbocycles. The molecule has 0 unspecified atom stereocenters. The Labute approximate surface area is 152 Å². The number of benzene rings is 2. The molecule has 0 N–H and O–H groups in total. The highest BCUT2D eigenvalue weighted by Gasteiger charge is 2.13. The minimum Gasteiger partial charge on any atom is -0.497 e. The first-order valence-electron chi connectivity index (χ1n) is 8.27. The summed E-state index contributed by atoms with van der Waals surface area (Å²) in [7, 11) is 3.37. The molecule has 0 aliphatic carbocycles. The van der Waals surface area contributed by atoms with E-state index in [2.05, 4.69) is 15.4 Å². The van der Waals surface area contributed by atoms with E-state index in [0.29, 0.717) is 12.4 Å². The van der Waals surface area contributed by atoms with Gasteiger partial charge in [0.1, 0.15) is 12.3 Å². The fourth-order valence-corrected chi connectivity index (χ4v) is 2.50. The maximum absolute atomic E-state index is 12.4. The Hall–Kier alpha value is -3.22. The molecule has 2 aromatic carbocycles. The zero-order valence-electron chi connectivity index (χ0n) is 15.1. The lowest BCUT2D eigenvalue weighted by Gasteiger charge is -2.17. The molecule has 3 aromatic rings. The summed E-state index contributed by atoms with van der Waals surface area (Å²) < 4.78 is 5.21. The van der Waals surface area contributed by atoms with Gasteiger partial charge in [-0.1, -0.05) is 42.0 Å². The second-order valence-electron chi connectivity index (χ2n) is 6.11. The summed E-state index contributed by atoms with van der Waals surface area (Å²) in [6, 6.07) is 15.5. The van der Waals surface area contributed by atoms with Crippen LogP contribution in [0.15, 0.2) is 48.5 Å². The van der Waals surface area contributed by atoms with Crippen LogP contribution in [-0.4, -0.2) is 45.2 Å². The third-order valence-corrected chi connectivity index (χ3v) is 4.02. The second kappa shape index (κ2) is 7.77. The molecule has 7 nitrogen and oxygen atoms in total. The average Bonchev–Trinajstić information content (AvgIpc) is 3.11. The number of aryl methyl sites for hydroxylation is 1. The SMILES string of the molecule is COc1cccc(CN(C)C(=O)Cn2nnc(-c3ccc(C)cc3)n2)c1. The summed E-state index contributed by atoms with van der Waals surface area (Å²) in [5.41, 5.74) is 3.03. The molecule has 1 heterocycles. The number of methoxy groups -OCH3 is 1. The highest BCUT2D eigenvalue weighted by molar-refractivity contribution is 5.75. The number of carbonyl (C=O) groups is 1. The van der Waals surface area contributed by atoms with Gasteiger partial charge in [0.25, 0.3) is 0 Å². The Morgan fingerprint density at radius 3 is 2.69 bits per heavy atom. The van der Waals surface area contributed by atoms with E-state index in [4.69, 9.17) is 4.74 Å². The van der Waals surface area contributed by atoms with Gasteiger partial charge in [-0.2, -0.15) is 4.80 Å². The van der Waals surface area contributed by atoms with Gasteiger partial charge in [-0.3, -0.25) is 4.79 Å². The van der Waals surface area contributed by atoms with Crippen LogP contribution in [0.3, 0.4) is 0 Å². The number of ether oxygens (including phenoxy) is 1. The van der Waals surface area contributed by atoms with E-state index in [0.717, 1.165) is 22.4 Å². The van der Waals surface area contributed by atoms with Gasteiger partial charge in [-0.25, -0.2) is 0 Å². The topological polar surface area (TPSA) is 73.1 Å². The monoisotopic (exact) mass is 351 g/mol. The van der Waals surface area contributed by atoms with Crippen LogP contribution in [0.4, 0.5) is 0 Å². The summed E-state index contributed by atoms with van der Waals surface area (Å²) in [5, 5.41) is 12.3. The summed E-state index contributed by atoms with van der Waals surface area (Å²) >= 11 is 0. The van der Waals surface area contributed by atoms with E-state index in [1.165, 1.54) is 4.80 Å². The first kappa shape index (κ1) is 17.6. The molecule has 0 saturated heterocycles. The van der Waals surface area contributed by atoms with Gasteiger partial charge < -0.3 is 9.64 Å². The highest BCUT2D eigenvalue weighted by Crippen LogP contribution is 2.15. The number of amides is 1. The first-order valence-corrected chi connectivity index (χ1v) is 8.27. The van der Waals surface area contributed by atoms with E-state index >= 15 is 0 Å². The first-order chi connectivity index (χ1) is 12.5. The molecular weight excluding hydrogens is 330 g/mol. The highest BCUT2D eigenvalue weighted by atomic mass is 16.5. The minimum atomic E-state index is -0.0966. The summed E-state index contributed by atoms with van der Waals surface area (Å²) in [4.78, 5) is 15.4. The lowest BCUT2D eigenvalue weighted by atomic mass is 10.1. The van der Waals surface area contributed by atoms with Crippen LogP contribution in [0.2, 0.25) is 0 Å². The molecule has 1 amide bonds. The lowest BCUT2D eigenvalue weighted by Crippen LogP contribution is -2.30. The van der Waals surface area contributed by atoms with Gasteiger partial charge in [0.2, 0.25) is 11.7 Å². The van der Waals surface area contributed by atoms with Crippen molar-refractivity contribution in [2.24, 2.45) is 0 Å². The zero-order valence-corrected chi connectivity index (χ0v) is 15.1. The number of rotatable bonds is 6. The van der Waals surface area contributed by atoms with Gasteiger partial charge in [-0.15, -0.1) is 10.2 Å². The van der Waals surface area contributed by atoms with Crippen molar-refractivity contribution in [1.29, 1.82) is 0 Å². The van der Waals surface area contributed by atoms with Crippen LogP contribution in [-0.2, 0) is 17.9 Å². The Kier molecular flexibility index (Phi) is 5.26. The molecular formula is C19H21N5O2. The Bertz CT molecular complexity index is 889. The van der Waals surface area contributed by atoms with Crippen molar-refractivity contribution in [2.75, 3.05) is 14.2 Å². The quantitative estimate of drug-likeness (QED) is 0.681. The van der Waals surface area contributed by atoms with E-state index in [1.54, 1.807) is 19.1 Å². The minimum absolute atomic E-state index is 0.0410. The van der Waals surface area contributed by atoms with Gasteiger partial charge >= 0.3 is 0 Å². The number of tetrazole rings is 1. The number of aromatic nitrogens is 4. The molecule has 0 aliphatic heterocycles. The molecule has 0 fully saturated rings. The van der Waals surface area contributed by atoms with Crippen molar-refractivity contribution < 1.29 is 9.53 Å².